The van der Waals surface area contributed by atoms with Crippen LogP contribution in [0.15, 0.2) is 42.5 Å². The van der Waals surface area contributed by atoms with Crippen LogP contribution in [0.4, 0.5) is 5.69 Å². The Hall–Kier alpha value is -2.24. The number of quaternary nitrogens is 1. The van der Waals surface area contributed by atoms with Gasteiger partial charge < -0.3 is 19.7 Å². The van der Waals surface area contributed by atoms with E-state index in [1.165, 1.54) is 10.5 Å². The first kappa shape index (κ1) is 18.1. The Bertz CT molecular complexity index is 827. The molecule has 1 unspecified atom stereocenters. The van der Waals surface area contributed by atoms with Gasteiger partial charge >= 0.3 is 0 Å². The summed E-state index contributed by atoms with van der Waals surface area (Å²) in [6.45, 7) is 2.77. The molecule has 2 N–H and O–H groups in total. The number of nitrogens with one attached hydrogen (secondary N) is 2. The van der Waals surface area contributed by atoms with Crippen LogP contribution in [0.25, 0.3) is 0 Å². The highest BCUT2D eigenvalue weighted by atomic mass is 35.5. The van der Waals surface area contributed by atoms with Gasteiger partial charge in [-0.25, -0.2) is 0 Å². The van der Waals surface area contributed by atoms with Crippen molar-refractivity contribution in [1.29, 1.82) is 0 Å². The molecule has 2 atom stereocenters. The van der Waals surface area contributed by atoms with E-state index in [0.29, 0.717) is 36.5 Å². The van der Waals surface area contributed by atoms with Crippen molar-refractivity contribution in [2.24, 2.45) is 0 Å². The third kappa shape index (κ3) is 4.20. The molecule has 2 aromatic rings. The van der Waals surface area contributed by atoms with E-state index >= 15 is 0 Å². The molecule has 0 aliphatic carbocycles. The van der Waals surface area contributed by atoms with Crippen molar-refractivity contribution >= 4 is 23.2 Å². The Morgan fingerprint density at radius 1 is 1.11 bits per heavy atom. The minimum absolute atomic E-state index is 0.0145. The Labute approximate surface area is 164 Å². The Balaban J connectivity index is 1.45. The third-order valence-corrected chi connectivity index (χ3v) is 5.52. The fourth-order valence-corrected chi connectivity index (χ4v) is 4.07. The van der Waals surface area contributed by atoms with Crippen LogP contribution in [0.3, 0.4) is 0 Å². The van der Waals surface area contributed by atoms with Gasteiger partial charge in [-0.2, -0.15) is 0 Å². The van der Waals surface area contributed by atoms with Crippen LogP contribution in [-0.2, 0) is 4.79 Å². The maximum Gasteiger partial charge on any atom is 0.279 e. The number of amides is 1. The van der Waals surface area contributed by atoms with Gasteiger partial charge in [0.1, 0.15) is 6.04 Å². The van der Waals surface area contributed by atoms with E-state index in [-0.39, 0.29) is 5.91 Å². The van der Waals surface area contributed by atoms with Gasteiger partial charge in [-0.05, 0) is 30.3 Å². The molecule has 0 radical (unpaired) electrons. The highest BCUT2D eigenvalue weighted by Crippen LogP contribution is 2.33. The average molecular weight is 388 g/mol. The zero-order valence-corrected chi connectivity index (χ0v) is 15.9. The highest BCUT2D eigenvalue weighted by Gasteiger charge is 2.32. The Morgan fingerprint density at radius 2 is 1.93 bits per heavy atom. The minimum atomic E-state index is -0.0145. The molecule has 0 bridgehead atoms. The maximum absolute atomic E-state index is 12.5. The average Bonchev–Trinajstić information content (AvgIpc) is 2.99. The number of carbonyl (C=O) groups excluding carboxylic acids is 1. The summed E-state index contributed by atoms with van der Waals surface area (Å²) in [4.78, 5) is 13.8. The fourth-order valence-electron chi connectivity index (χ4n) is 3.89. The molecule has 1 amide bonds. The minimum Gasteiger partial charge on any atom is -0.490 e. The Morgan fingerprint density at radius 3 is 2.78 bits per heavy atom. The van der Waals surface area contributed by atoms with Crippen molar-refractivity contribution in [3.8, 4) is 11.5 Å². The summed E-state index contributed by atoms with van der Waals surface area (Å²) in [6.07, 6.45) is 3.06. The summed E-state index contributed by atoms with van der Waals surface area (Å²) in [5.41, 5.74) is 1.87. The monoisotopic (exact) mass is 387 g/mol. The largest absolute Gasteiger partial charge is 0.490 e. The molecule has 142 valence electrons. The quantitative estimate of drug-likeness (QED) is 0.848. The molecule has 6 heteroatoms. The summed E-state index contributed by atoms with van der Waals surface area (Å²) in [5.74, 6) is 1.61. The summed E-state index contributed by atoms with van der Waals surface area (Å²) in [6, 6.07) is 13.8. The summed E-state index contributed by atoms with van der Waals surface area (Å²) in [5, 5.41) is 3.49. The third-order valence-electron chi connectivity index (χ3n) is 5.19. The van der Waals surface area contributed by atoms with Gasteiger partial charge in [-0.3, -0.25) is 4.79 Å². The summed E-state index contributed by atoms with van der Waals surface area (Å²) < 4.78 is 11.6. The normalized spacial score (nSPS) is 21.5. The molecule has 5 nitrogen and oxygen atoms in total. The number of ether oxygens (including phenoxy) is 2. The van der Waals surface area contributed by atoms with E-state index in [2.05, 4.69) is 17.4 Å². The number of rotatable bonds is 4. The van der Waals surface area contributed by atoms with Crippen LogP contribution >= 0.6 is 11.6 Å². The second-order valence-electron chi connectivity index (χ2n) is 7.06. The fraction of sp³-hybridized carbons (Fsp3) is 0.381. The number of likely N-dealkylation sites (tertiary alicyclic amines) is 1. The molecular formula is C21H24ClN2O3+. The molecule has 1 fully saturated rings. The lowest BCUT2D eigenvalue weighted by Gasteiger charge is -2.22. The maximum atomic E-state index is 12.5. The number of benzene rings is 2. The number of fused-ring (bicyclic) bond motifs is 1. The lowest BCUT2D eigenvalue weighted by Crippen LogP contribution is -3.11. The molecule has 2 heterocycles. The molecule has 27 heavy (non-hydrogen) atoms. The number of hydrogen-bond acceptors (Lipinski definition) is 3. The second kappa shape index (κ2) is 8.19. The van der Waals surface area contributed by atoms with Crippen LogP contribution in [0.2, 0.25) is 5.02 Å². The van der Waals surface area contributed by atoms with Gasteiger partial charge in [0.05, 0.1) is 30.5 Å². The van der Waals surface area contributed by atoms with E-state index in [4.69, 9.17) is 21.1 Å². The van der Waals surface area contributed by atoms with Crippen molar-refractivity contribution in [3.63, 3.8) is 0 Å². The molecule has 0 spiro atoms. The van der Waals surface area contributed by atoms with Crippen LogP contribution < -0.4 is 19.7 Å². The summed E-state index contributed by atoms with van der Waals surface area (Å²) in [7, 11) is 0. The zero-order chi connectivity index (χ0) is 18.6. The van der Waals surface area contributed by atoms with Crippen molar-refractivity contribution in [2.45, 2.75) is 25.3 Å². The topological polar surface area (TPSA) is 52.0 Å². The molecule has 4 rings (SSSR count). The molecule has 0 saturated carbocycles. The first-order valence-electron chi connectivity index (χ1n) is 9.49. The van der Waals surface area contributed by atoms with Gasteiger partial charge in [-0.1, -0.05) is 23.7 Å². The molecule has 0 aromatic heterocycles. The van der Waals surface area contributed by atoms with E-state index in [1.807, 2.05) is 24.3 Å². The van der Waals surface area contributed by atoms with Crippen LogP contribution in [0.1, 0.15) is 30.9 Å². The molecular weight excluding hydrogens is 364 g/mol. The number of hydrogen-bond donors (Lipinski definition) is 2. The number of anilines is 1. The van der Waals surface area contributed by atoms with Crippen molar-refractivity contribution < 1.29 is 19.2 Å². The van der Waals surface area contributed by atoms with Gasteiger partial charge in [0.25, 0.3) is 5.91 Å². The molecule has 2 aromatic carbocycles. The van der Waals surface area contributed by atoms with Gasteiger partial charge in [0.15, 0.2) is 18.0 Å². The molecule has 2 aliphatic rings. The number of para-hydroxylation sites is 1. The lowest BCUT2D eigenvalue weighted by atomic mass is 10.0. The van der Waals surface area contributed by atoms with E-state index in [0.717, 1.165) is 37.3 Å². The van der Waals surface area contributed by atoms with E-state index in [1.54, 1.807) is 6.07 Å². The first-order valence-corrected chi connectivity index (χ1v) is 9.87. The summed E-state index contributed by atoms with van der Waals surface area (Å²) >= 11 is 6.14. The molecule has 2 aliphatic heterocycles. The number of carbonyl (C=O) groups is 1. The smallest absolute Gasteiger partial charge is 0.279 e. The second-order valence-corrected chi connectivity index (χ2v) is 7.47. The van der Waals surface area contributed by atoms with Gasteiger partial charge in [0, 0.05) is 24.8 Å². The molecule has 1 saturated heterocycles. The van der Waals surface area contributed by atoms with Crippen molar-refractivity contribution in [1.82, 2.24) is 0 Å². The lowest BCUT2D eigenvalue weighted by molar-refractivity contribution is -0.910. The van der Waals surface area contributed by atoms with Gasteiger partial charge in [-0.15, -0.1) is 0 Å². The van der Waals surface area contributed by atoms with Crippen LogP contribution in [-0.4, -0.2) is 32.2 Å². The van der Waals surface area contributed by atoms with Crippen molar-refractivity contribution in [3.05, 3.63) is 53.1 Å². The standard InChI is InChI=1S/C21H23ClN2O3/c22-16-5-1-2-6-17(16)23-21(25)14-24-10-3-7-18(24)15-8-9-19-20(13-15)27-12-4-11-26-19/h1-2,5-6,8-9,13,18H,3-4,7,10-12,14H2,(H,23,25)/p+1/t18-/m1/s1. The number of halogens is 1. The first-order chi connectivity index (χ1) is 13.2. The van der Waals surface area contributed by atoms with E-state index < -0.39 is 0 Å². The van der Waals surface area contributed by atoms with Gasteiger partial charge in [0.2, 0.25) is 0 Å². The van der Waals surface area contributed by atoms with Crippen LogP contribution in [0, 0.1) is 0 Å². The Kier molecular flexibility index (Phi) is 5.50. The predicted octanol–water partition coefficient (Wildman–Crippen LogP) is 2.86. The highest BCUT2D eigenvalue weighted by molar-refractivity contribution is 6.33. The zero-order valence-electron chi connectivity index (χ0n) is 15.2. The van der Waals surface area contributed by atoms with E-state index in [9.17, 15) is 4.79 Å². The van der Waals surface area contributed by atoms with Crippen LogP contribution in [0.5, 0.6) is 11.5 Å². The predicted molar refractivity (Wildman–Crippen MR) is 105 cm³/mol. The van der Waals surface area contributed by atoms with Crippen molar-refractivity contribution in [2.75, 3.05) is 31.6 Å². The SMILES string of the molecule is O=C(C[NH+]1CCC[C@@H]1c1ccc2c(c1)OCCCO2)Nc1ccccc1Cl.